The van der Waals surface area contributed by atoms with Crippen molar-refractivity contribution in [3.05, 3.63) is 29.3 Å². The molecule has 0 amide bonds. The van der Waals surface area contributed by atoms with Crippen molar-refractivity contribution in [1.82, 2.24) is 0 Å². The van der Waals surface area contributed by atoms with Gasteiger partial charge in [-0.05, 0) is 18.1 Å². The van der Waals surface area contributed by atoms with E-state index in [2.05, 4.69) is 4.74 Å². The van der Waals surface area contributed by atoms with Gasteiger partial charge in [0.05, 0.1) is 13.5 Å². The molecule has 2 rings (SSSR count). The molecular weight excluding hydrogens is 206 g/mol. The number of nitrogens with two attached hydrogens (primary N) is 1. The summed E-state index contributed by atoms with van der Waals surface area (Å²) in [6.45, 7) is 0. The first-order valence-electron chi connectivity index (χ1n) is 5.26. The van der Waals surface area contributed by atoms with E-state index in [9.17, 15) is 9.90 Å². The van der Waals surface area contributed by atoms with Gasteiger partial charge < -0.3 is 15.6 Å². The van der Waals surface area contributed by atoms with Gasteiger partial charge in [0.15, 0.2) is 0 Å². The van der Waals surface area contributed by atoms with Gasteiger partial charge in [-0.15, -0.1) is 0 Å². The summed E-state index contributed by atoms with van der Waals surface area (Å²) in [5, 5.41) is 9.80. The third-order valence-electron chi connectivity index (χ3n) is 3.13. The third-order valence-corrected chi connectivity index (χ3v) is 3.13. The molecule has 0 bridgehead atoms. The second-order valence-corrected chi connectivity index (χ2v) is 4.10. The predicted octanol–water partition coefficient (Wildman–Crippen LogP) is 0.922. The van der Waals surface area contributed by atoms with Crippen molar-refractivity contribution in [3.63, 3.8) is 0 Å². The molecule has 0 radical (unpaired) electrons. The van der Waals surface area contributed by atoms with Crippen LogP contribution in [0.25, 0.3) is 0 Å². The Morgan fingerprint density at radius 1 is 1.62 bits per heavy atom. The quantitative estimate of drug-likeness (QED) is 0.728. The fourth-order valence-corrected chi connectivity index (χ4v) is 2.33. The number of phenols is 1. The van der Waals surface area contributed by atoms with Gasteiger partial charge >= 0.3 is 5.97 Å². The molecule has 4 heteroatoms. The van der Waals surface area contributed by atoms with Crippen molar-refractivity contribution in [2.45, 2.75) is 24.8 Å². The normalized spacial score (nSPS) is 22.9. The number of fused-ring (bicyclic) bond motifs is 1. The number of ether oxygens (including phenoxy) is 1. The summed E-state index contributed by atoms with van der Waals surface area (Å²) in [6, 6.07) is 5.23. The van der Waals surface area contributed by atoms with Crippen LogP contribution in [0.2, 0.25) is 0 Å². The summed E-state index contributed by atoms with van der Waals surface area (Å²) in [5.74, 6) is -0.209. The minimum Gasteiger partial charge on any atom is -0.508 e. The first-order chi connectivity index (χ1) is 7.63. The summed E-state index contributed by atoms with van der Waals surface area (Å²) in [6.07, 6.45) is 0.924. The standard InChI is InChI=1S/C12H15NO3/c1-16-11(15)6-8-9(13)5-7-3-2-4-10(14)12(7)8/h2-4,8-9,14H,5-6,13H2,1H3. The maximum absolute atomic E-state index is 11.3. The molecule has 3 N–H and O–H groups in total. The highest BCUT2D eigenvalue weighted by Crippen LogP contribution is 2.40. The maximum Gasteiger partial charge on any atom is 0.306 e. The highest BCUT2D eigenvalue weighted by Gasteiger charge is 2.33. The summed E-state index contributed by atoms with van der Waals surface area (Å²) in [5.41, 5.74) is 7.82. The fourth-order valence-electron chi connectivity index (χ4n) is 2.33. The van der Waals surface area contributed by atoms with Gasteiger partial charge in [0.25, 0.3) is 0 Å². The van der Waals surface area contributed by atoms with Crippen LogP contribution in [0.5, 0.6) is 5.75 Å². The number of benzene rings is 1. The van der Waals surface area contributed by atoms with Gasteiger partial charge in [-0.1, -0.05) is 12.1 Å². The van der Waals surface area contributed by atoms with Gasteiger partial charge in [0.1, 0.15) is 5.75 Å². The van der Waals surface area contributed by atoms with Gasteiger partial charge in [-0.2, -0.15) is 0 Å². The predicted molar refractivity (Wildman–Crippen MR) is 59.2 cm³/mol. The third kappa shape index (κ3) is 1.76. The molecular formula is C12H15NO3. The van der Waals surface area contributed by atoms with E-state index < -0.39 is 0 Å². The molecule has 1 aliphatic carbocycles. The molecule has 0 saturated carbocycles. The Balaban J connectivity index is 2.31. The lowest BCUT2D eigenvalue weighted by Gasteiger charge is -2.15. The summed E-state index contributed by atoms with van der Waals surface area (Å²) >= 11 is 0. The lowest BCUT2D eigenvalue weighted by molar-refractivity contribution is -0.141. The van der Waals surface area contributed by atoms with Crippen molar-refractivity contribution in [2.24, 2.45) is 5.73 Å². The Hall–Kier alpha value is -1.55. The summed E-state index contributed by atoms with van der Waals surface area (Å²) in [7, 11) is 1.36. The van der Waals surface area contributed by atoms with E-state index in [1.165, 1.54) is 7.11 Å². The van der Waals surface area contributed by atoms with Gasteiger partial charge in [-0.3, -0.25) is 4.79 Å². The number of rotatable bonds is 2. The van der Waals surface area contributed by atoms with E-state index in [1.54, 1.807) is 12.1 Å². The Morgan fingerprint density at radius 2 is 2.38 bits per heavy atom. The molecule has 2 atom stereocenters. The first-order valence-corrected chi connectivity index (χ1v) is 5.26. The number of phenolic OH excluding ortho intramolecular Hbond substituents is 1. The Morgan fingerprint density at radius 3 is 3.06 bits per heavy atom. The van der Waals surface area contributed by atoms with E-state index >= 15 is 0 Å². The van der Waals surface area contributed by atoms with Crippen LogP contribution in [0.4, 0.5) is 0 Å². The number of carbonyl (C=O) groups excluding carboxylic acids is 1. The molecule has 0 saturated heterocycles. The Labute approximate surface area is 94.0 Å². The molecule has 1 aliphatic rings. The zero-order valence-electron chi connectivity index (χ0n) is 9.14. The number of aromatic hydroxyl groups is 1. The van der Waals surface area contributed by atoms with E-state index in [1.807, 2.05) is 6.07 Å². The monoisotopic (exact) mass is 221 g/mol. The van der Waals surface area contributed by atoms with Crippen LogP contribution in [0.1, 0.15) is 23.5 Å². The highest BCUT2D eigenvalue weighted by atomic mass is 16.5. The molecule has 1 aromatic carbocycles. The van der Waals surface area contributed by atoms with Crippen LogP contribution < -0.4 is 5.73 Å². The van der Waals surface area contributed by atoms with Crippen LogP contribution in [0.3, 0.4) is 0 Å². The second-order valence-electron chi connectivity index (χ2n) is 4.10. The lowest BCUT2D eigenvalue weighted by Crippen LogP contribution is -2.27. The van der Waals surface area contributed by atoms with Crippen LogP contribution in [0.15, 0.2) is 18.2 Å². The Kier molecular flexibility index (Phi) is 2.83. The molecule has 4 nitrogen and oxygen atoms in total. The average Bonchev–Trinajstić information content (AvgIpc) is 2.56. The molecule has 16 heavy (non-hydrogen) atoms. The molecule has 2 unspecified atom stereocenters. The minimum absolute atomic E-state index is 0.123. The molecule has 1 aromatic rings. The topological polar surface area (TPSA) is 72.5 Å². The van der Waals surface area contributed by atoms with Crippen LogP contribution in [0, 0.1) is 0 Å². The lowest BCUT2D eigenvalue weighted by atomic mass is 9.94. The van der Waals surface area contributed by atoms with Crippen LogP contribution in [-0.4, -0.2) is 24.2 Å². The summed E-state index contributed by atoms with van der Waals surface area (Å²) in [4.78, 5) is 11.3. The largest absolute Gasteiger partial charge is 0.508 e. The van der Waals surface area contributed by atoms with Crippen LogP contribution in [-0.2, 0) is 16.0 Å². The average molecular weight is 221 g/mol. The zero-order chi connectivity index (χ0) is 11.7. The SMILES string of the molecule is COC(=O)CC1c2c(O)cccc2CC1N. The van der Waals surface area contributed by atoms with E-state index in [0.717, 1.165) is 11.1 Å². The van der Waals surface area contributed by atoms with E-state index in [4.69, 9.17) is 5.73 Å². The van der Waals surface area contributed by atoms with Crippen LogP contribution >= 0.6 is 0 Å². The van der Waals surface area contributed by atoms with Crippen molar-refractivity contribution in [1.29, 1.82) is 0 Å². The number of carbonyl (C=O) groups is 1. The van der Waals surface area contributed by atoms with Crippen molar-refractivity contribution < 1.29 is 14.6 Å². The highest BCUT2D eigenvalue weighted by molar-refractivity contribution is 5.71. The molecule has 0 spiro atoms. The number of esters is 1. The smallest absolute Gasteiger partial charge is 0.306 e. The van der Waals surface area contributed by atoms with Crippen molar-refractivity contribution in [3.8, 4) is 5.75 Å². The molecule has 0 aromatic heterocycles. The molecule has 0 aliphatic heterocycles. The van der Waals surface area contributed by atoms with E-state index in [-0.39, 0.29) is 30.1 Å². The molecule has 0 heterocycles. The number of hydrogen-bond acceptors (Lipinski definition) is 4. The van der Waals surface area contributed by atoms with Gasteiger partial charge in [-0.25, -0.2) is 0 Å². The maximum atomic E-state index is 11.3. The first kappa shape index (κ1) is 11.0. The molecule has 86 valence electrons. The number of hydrogen-bond donors (Lipinski definition) is 2. The van der Waals surface area contributed by atoms with E-state index in [0.29, 0.717) is 6.42 Å². The van der Waals surface area contributed by atoms with Gasteiger partial charge in [0.2, 0.25) is 0 Å². The Bertz CT molecular complexity index is 417. The van der Waals surface area contributed by atoms with Gasteiger partial charge in [0, 0.05) is 17.5 Å². The zero-order valence-corrected chi connectivity index (χ0v) is 9.14. The fraction of sp³-hybridized carbons (Fsp3) is 0.417. The summed E-state index contributed by atoms with van der Waals surface area (Å²) < 4.78 is 4.64. The second kappa shape index (κ2) is 4.14. The molecule has 0 fully saturated rings. The minimum atomic E-state index is -0.295. The number of methoxy groups -OCH3 is 1. The van der Waals surface area contributed by atoms with Crippen molar-refractivity contribution in [2.75, 3.05) is 7.11 Å². The van der Waals surface area contributed by atoms with Crippen molar-refractivity contribution >= 4 is 5.97 Å².